The summed E-state index contributed by atoms with van der Waals surface area (Å²) in [6.07, 6.45) is 2.85. The highest BCUT2D eigenvalue weighted by Crippen LogP contribution is 2.53. The summed E-state index contributed by atoms with van der Waals surface area (Å²) < 4.78 is 31.0. The number of nitrogen functional groups attached to an aromatic ring is 1. The number of hydrogen-bond donors (Lipinski definition) is 2. The number of nitrogens with one attached hydrogen (secondary N) is 1. The molecule has 4 rings (SSSR count). The number of aliphatic imine (C=N–C) groups is 1. The second-order valence-electron chi connectivity index (χ2n) is 9.20. The molecule has 9 heteroatoms. The Kier molecular flexibility index (Phi) is 3.89. The van der Waals surface area contributed by atoms with Gasteiger partial charge < -0.3 is 10.5 Å². The number of sulfone groups is 1. The van der Waals surface area contributed by atoms with Gasteiger partial charge in [-0.3, -0.25) is 15.3 Å². The van der Waals surface area contributed by atoms with Crippen molar-refractivity contribution in [3.8, 4) is 0 Å². The Morgan fingerprint density at radius 1 is 1.36 bits per heavy atom. The number of anilines is 1. The molecule has 1 aromatic rings. The van der Waals surface area contributed by atoms with E-state index in [0.29, 0.717) is 12.1 Å². The minimum Gasteiger partial charge on any atom is -0.444 e. The maximum Gasteiger partial charge on any atom is 0.413 e. The molecule has 2 aliphatic carbocycles. The molecule has 0 aromatic carbocycles. The molecule has 3 N–H and O–H groups in total. The Morgan fingerprint density at radius 2 is 2.04 bits per heavy atom. The zero-order valence-corrected chi connectivity index (χ0v) is 17.4. The molecule has 1 aromatic heterocycles. The Bertz CT molecular complexity index is 994. The number of hydrogen-bond acceptors (Lipinski definition) is 7. The monoisotopic (exact) mass is 406 g/mol. The van der Waals surface area contributed by atoms with Crippen LogP contribution in [-0.4, -0.2) is 41.4 Å². The summed E-state index contributed by atoms with van der Waals surface area (Å²) in [5.74, 6) is 0.00980. The molecule has 0 bridgehead atoms. The highest BCUT2D eigenvalue weighted by Gasteiger charge is 2.63. The molecule has 0 unspecified atom stereocenters. The van der Waals surface area contributed by atoms with E-state index in [-0.39, 0.29) is 17.5 Å². The standard InChI is InChI=1S/C19H26N4O4S/c1-17(2,3)27-16(24)22-15-18(4,11-5-6-11)28(25,26)10-19(23-15)8-14-13(19)7-12(20)9-21-14/h7,9,11H,5-6,8,10,20H2,1-4H3,(H,22,23,24)/t18-,19-/m0/s1. The highest BCUT2D eigenvalue weighted by atomic mass is 32.2. The lowest BCUT2D eigenvalue weighted by atomic mass is 9.74. The molecule has 3 aliphatic rings. The van der Waals surface area contributed by atoms with E-state index >= 15 is 0 Å². The topological polar surface area (TPSA) is 124 Å². The van der Waals surface area contributed by atoms with Crippen molar-refractivity contribution in [2.75, 3.05) is 11.5 Å². The number of nitrogens with zero attached hydrogens (tertiary/aromatic N) is 2. The number of pyridine rings is 1. The van der Waals surface area contributed by atoms with Crippen LogP contribution in [-0.2, 0) is 26.5 Å². The molecule has 0 saturated heterocycles. The van der Waals surface area contributed by atoms with Gasteiger partial charge in [-0.2, -0.15) is 0 Å². The van der Waals surface area contributed by atoms with Crippen molar-refractivity contribution in [2.45, 2.75) is 62.8 Å². The van der Waals surface area contributed by atoms with Gasteiger partial charge in [0.1, 0.15) is 21.7 Å². The van der Waals surface area contributed by atoms with E-state index in [0.717, 1.165) is 24.1 Å². The molecular formula is C19H26N4O4S. The minimum absolute atomic E-state index is 0.0537. The minimum atomic E-state index is -3.59. The van der Waals surface area contributed by atoms with Gasteiger partial charge in [0.15, 0.2) is 9.84 Å². The molecule has 1 aliphatic heterocycles. The van der Waals surface area contributed by atoms with Crippen LogP contribution in [0.3, 0.4) is 0 Å². The van der Waals surface area contributed by atoms with Crippen LogP contribution in [0.5, 0.6) is 0 Å². The third-order valence-corrected chi connectivity index (χ3v) is 8.48. The van der Waals surface area contributed by atoms with Gasteiger partial charge in [-0.1, -0.05) is 0 Å². The summed E-state index contributed by atoms with van der Waals surface area (Å²) in [6, 6.07) is 1.73. The number of rotatable bonds is 1. The molecule has 2 atom stereocenters. The summed E-state index contributed by atoms with van der Waals surface area (Å²) in [6.45, 7) is 6.93. The Labute approximate surface area is 164 Å². The molecule has 0 radical (unpaired) electrons. The summed E-state index contributed by atoms with van der Waals surface area (Å²) in [5.41, 5.74) is 6.19. The Balaban J connectivity index is 1.79. The molecule has 28 heavy (non-hydrogen) atoms. The van der Waals surface area contributed by atoms with Crippen molar-refractivity contribution in [1.29, 1.82) is 0 Å². The largest absolute Gasteiger partial charge is 0.444 e. The van der Waals surface area contributed by atoms with Gasteiger partial charge in [0.25, 0.3) is 0 Å². The summed E-state index contributed by atoms with van der Waals surface area (Å²) in [4.78, 5) is 21.5. The van der Waals surface area contributed by atoms with Crippen molar-refractivity contribution in [3.63, 3.8) is 0 Å². The predicted molar refractivity (Wildman–Crippen MR) is 106 cm³/mol. The summed E-state index contributed by atoms with van der Waals surface area (Å²) in [5, 5.41) is 2.67. The van der Waals surface area contributed by atoms with Gasteiger partial charge in [-0.25, -0.2) is 13.2 Å². The maximum atomic E-state index is 13.4. The van der Waals surface area contributed by atoms with Crippen molar-refractivity contribution >= 4 is 27.5 Å². The smallest absolute Gasteiger partial charge is 0.413 e. The predicted octanol–water partition coefficient (Wildman–Crippen LogP) is 1.94. The first kappa shape index (κ1) is 19.2. The average Bonchev–Trinajstić information content (AvgIpc) is 3.36. The van der Waals surface area contributed by atoms with Gasteiger partial charge in [0, 0.05) is 17.7 Å². The lowest BCUT2D eigenvalue weighted by molar-refractivity contribution is 0.0560. The lowest BCUT2D eigenvalue weighted by Crippen LogP contribution is -2.63. The summed E-state index contributed by atoms with van der Waals surface area (Å²) in [7, 11) is -3.59. The zero-order valence-electron chi connectivity index (χ0n) is 16.6. The van der Waals surface area contributed by atoms with Crippen molar-refractivity contribution in [3.05, 3.63) is 23.5 Å². The molecule has 1 amide bonds. The Morgan fingerprint density at radius 3 is 2.64 bits per heavy atom. The molecular weight excluding hydrogens is 380 g/mol. The van der Waals surface area contributed by atoms with Crippen LogP contribution in [0.25, 0.3) is 0 Å². The van der Waals surface area contributed by atoms with E-state index in [4.69, 9.17) is 15.5 Å². The summed E-state index contributed by atoms with van der Waals surface area (Å²) >= 11 is 0. The maximum absolute atomic E-state index is 13.4. The van der Waals surface area contributed by atoms with E-state index in [2.05, 4.69) is 10.3 Å². The quantitative estimate of drug-likeness (QED) is 0.734. The third-order valence-electron chi connectivity index (χ3n) is 5.80. The van der Waals surface area contributed by atoms with Crippen LogP contribution >= 0.6 is 0 Å². The number of alkyl carbamates (subject to hydrolysis) is 1. The van der Waals surface area contributed by atoms with Gasteiger partial charge in [-0.05, 0) is 52.5 Å². The van der Waals surface area contributed by atoms with Crippen LogP contribution in [0, 0.1) is 5.92 Å². The third kappa shape index (κ3) is 2.87. The number of aromatic nitrogens is 1. The number of amidine groups is 1. The Hall–Kier alpha value is -2.16. The number of amides is 1. The van der Waals surface area contributed by atoms with Crippen LogP contribution < -0.4 is 11.1 Å². The number of carbonyl (C=O) groups excluding carboxylic acids is 1. The van der Waals surface area contributed by atoms with E-state index < -0.39 is 31.8 Å². The van der Waals surface area contributed by atoms with E-state index in [1.165, 1.54) is 0 Å². The first-order chi connectivity index (χ1) is 12.9. The fourth-order valence-corrected chi connectivity index (χ4v) is 6.54. The molecule has 1 spiro atoms. The van der Waals surface area contributed by atoms with Crippen LogP contribution in [0.15, 0.2) is 17.3 Å². The van der Waals surface area contributed by atoms with E-state index in [9.17, 15) is 13.2 Å². The number of nitrogens with two attached hydrogens (primary N) is 1. The first-order valence-corrected chi connectivity index (χ1v) is 11.1. The number of ether oxygens (including phenoxy) is 1. The SMILES string of the molecule is CC(C)(C)OC(=O)NC1=N[C@@]2(Cc3ncc(N)cc32)CS(=O)(=O)[C@@]1(C)C1CC1. The van der Waals surface area contributed by atoms with Gasteiger partial charge in [0.2, 0.25) is 0 Å². The fourth-order valence-electron chi connectivity index (χ4n) is 4.15. The zero-order chi connectivity index (χ0) is 20.5. The van der Waals surface area contributed by atoms with E-state index in [1.807, 2.05) is 0 Å². The van der Waals surface area contributed by atoms with Gasteiger partial charge >= 0.3 is 6.09 Å². The van der Waals surface area contributed by atoms with Gasteiger partial charge in [0.05, 0.1) is 17.6 Å². The fraction of sp³-hybridized carbons (Fsp3) is 0.632. The highest BCUT2D eigenvalue weighted by molar-refractivity contribution is 7.93. The van der Waals surface area contributed by atoms with Crippen LogP contribution in [0.1, 0.15) is 51.8 Å². The lowest BCUT2D eigenvalue weighted by Gasteiger charge is -2.47. The van der Waals surface area contributed by atoms with Crippen LogP contribution in [0.4, 0.5) is 10.5 Å². The van der Waals surface area contributed by atoms with Crippen molar-refractivity contribution in [2.24, 2.45) is 10.9 Å². The second-order valence-corrected chi connectivity index (χ2v) is 11.6. The normalized spacial score (nSPS) is 30.8. The van der Waals surface area contributed by atoms with Crippen molar-refractivity contribution < 1.29 is 17.9 Å². The first-order valence-electron chi connectivity index (χ1n) is 9.44. The van der Waals surface area contributed by atoms with E-state index in [1.54, 1.807) is 40.0 Å². The molecule has 8 nitrogen and oxygen atoms in total. The molecule has 1 saturated carbocycles. The average molecular weight is 407 g/mol. The molecule has 2 heterocycles. The van der Waals surface area contributed by atoms with Crippen LogP contribution in [0.2, 0.25) is 0 Å². The van der Waals surface area contributed by atoms with Crippen molar-refractivity contribution in [1.82, 2.24) is 10.3 Å². The van der Waals surface area contributed by atoms with Gasteiger partial charge in [-0.15, -0.1) is 0 Å². The number of carbonyl (C=O) groups is 1. The molecule has 152 valence electrons. The molecule has 1 fully saturated rings. The second kappa shape index (κ2) is 5.68. The number of fused-ring (bicyclic) bond motifs is 2.